The molecule has 0 aliphatic rings. The normalized spacial score (nSPS) is 10.1. The summed E-state index contributed by atoms with van der Waals surface area (Å²) in [6, 6.07) is 6.17. The molecule has 0 radical (unpaired) electrons. The van der Waals surface area contributed by atoms with Gasteiger partial charge in [0.25, 0.3) is 5.69 Å². The number of nitro benzene ring substituents is 1. The third-order valence-corrected chi connectivity index (χ3v) is 2.34. The van der Waals surface area contributed by atoms with E-state index in [1.54, 1.807) is 12.2 Å². The zero-order valence-corrected chi connectivity index (χ0v) is 10.4. The summed E-state index contributed by atoms with van der Waals surface area (Å²) in [5.41, 5.74) is 0.587. The van der Waals surface area contributed by atoms with Crippen LogP contribution in [-0.2, 0) is 4.79 Å². The van der Waals surface area contributed by atoms with Gasteiger partial charge < -0.3 is 5.32 Å². The maximum absolute atomic E-state index is 10.9. The number of nitro groups is 1. The number of amides is 1. The topological polar surface area (TPSA) is 96.0 Å². The van der Waals surface area contributed by atoms with Crippen LogP contribution in [0.25, 0.3) is 6.08 Å². The largest absolute Gasteiger partial charge is 0.356 e. The van der Waals surface area contributed by atoms with Crippen LogP contribution in [0.1, 0.15) is 24.5 Å². The van der Waals surface area contributed by atoms with Crippen LogP contribution in [-0.4, -0.2) is 17.4 Å². The van der Waals surface area contributed by atoms with Crippen LogP contribution in [0.4, 0.5) is 5.69 Å². The maximum Gasteiger partial charge on any atom is 0.277 e. The van der Waals surface area contributed by atoms with Crippen LogP contribution in [0.5, 0.6) is 0 Å². The first-order chi connectivity index (χ1) is 9.04. The summed E-state index contributed by atoms with van der Waals surface area (Å²) in [5.74, 6) is -0.113. The van der Waals surface area contributed by atoms with E-state index in [-0.39, 0.29) is 17.2 Å². The maximum atomic E-state index is 10.9. The van der Waals surface area contributed by atoms with E-state index in [1.807, 2.05) is 6.07 Å². The molecule has 0 fully saturated rings. The number of nitriles is 1. The molecule has 6 nitrogen and oxygen atoms in total. The molecule has 0 heterocycles. The van der Waals surface area contributed by atoms with Gasteiger partial charge in [0.2, 0.25) is 5.91 Å². The van der Waals surface area contributed by atoms with E-state index in [4.69, 9.17) is 5.26 Å². The van der Waals surface area contributed by atoms with Gasteiger partial charge in [0.05, 0.1) is 22.1 Å². The molecule has 0 saturated heterocycles. The summed E-state index contributed by atoms with van der Waals surface area (Å²) in [6.07, 6.45) is 3.93. The number of hydrogen-bond acceptors (Lipinski definition) is 4. The minimum absolute atomic E-state index is 0.102. The van der Waals surface area contributed by atoms with Gasteiger partial charge in [0, 0.05) is 19.5 Å². The molecule has 1 aromatic rings. The molecule has 1 amide bonds. The van der Waals surface area contributed by atoms with Gasteiger partial charge in [-0.3, -0.25) is 14.9 Å². The standard InChI is InChI=1S/C13H13N3O3/c1-10(17)15-7-3-2-4-12-6-5-11(9-14)8-13(12)16(18)19/h2,4-6,8H,3,7H2,1H3,(H,15,17). The molecule has 6 heteroatoms. The van der Waals surface area contributed by atoms with Gasteiger partial charge in [-0.05, 0) is 18.6 Å². The number of rotatable bonds is 5. The first-order valence-corrected chi connectivity index (χ1v) is 5.64. The first kappa shape index (κ1) is 14.4. The number of carbonyl (C=O) groups excluding carboxylic acids is 1. The second-order valence-electron chi connectivity index (χ2n) is 3.82. The van der Waals surface area contributed by atoms with Crippen molar-refractivity contribution in [1.82, 2.24) is 5.32 Å². The second kappa shape index (κ2) is 6.91. The van der Waals surface area contributed by atoms with Gasteiger partial charge in [0.1, 0.15) is 0 Å². The predicted molar refractivity (Wildman–Crippen MR) is 70.1 cm³/mol. The molecule has 98 valence electrons. The Labute approximate surface area is 110 Å². The Morgan fingerprint density at radius 2 is 2.32 bits per heavy atom. The lowest BCUT2D eigenvalue weighted by Crippen LogP contribution is -2.20. The highest BCUT2D eigenvalue weighted by Gasteiger charge is 2.12. The van der Waals surface area contributed by atoms with Crippen molar-refractivity contribution < 1.29 is 9.72 Å². The van der Waals surface area contributed by atoms with Crippen LogP contribution in [0.2, 0.25) is 0 Å². The van der Waals surface area contributed by atoms with E-state index < -0.39 is 4.92 Å². The summed E-state index contributed by atoms with van der Waals surface area (Å²) in [5, 5.41) is 22.2. The fourth-order valence-electron chi connectivity index (χ4n) is 1.45. The van der Waals surface area contributed by atoms with Crippen LogP contribution in [0.15, 0.2) is 24.3 Å². The van der Waals surface area contributed by atoms with E-state index in [0.717, 1.165) is 0 Å². The minimum atomic E-state index is -0.520. The summed E-state index contributed by atoms with van der Waals surface area (Å²) in [4.78, 5) is 21.0. The predicted octanol–water partition coefficient (Wildman–Crippen LogP) is 2.01. The second-order valence-corrected chi connectivity index (χ2v) is 3.82. The van der Waals surface area contributed by atoms with Crippen molar-refractivity contribution in [2.45, 2.75) is 13.3 Å². The number of carbonyl (C=O) groups is 1. The minimum Gasteiger partial charge on any atom is -0.356 e. The monoisotopic (exact) mass is 259 g/mol. The van der Waals surface area contributed by atoms with Crippen LogP contribution in [0.3, 0.4) is 0 Å². The van der Waals surface area contributed by atoms with Gasteiger partial charge in [-0.2, -0.15) is 5.26 Å². The Hall–Kier alpha value is -2.68. The van der Waals surface area contributed by atoms with Crippen molar-refractivity contribution in [2.24, 2.45) is 0 Å². The molecule has 1 N–H and O–H groups in total. The number of nitrogens with zero attached hydrogens (tertiary/aromatic N) is 2. The fraction of sp³-hybridized carbons (Fsp3) is 0.231. The average Bonchev–Trinajstić information content (AvgIpc) is 2.38. The molecule has 19 heavy (non-hydrogen) atoms. The van der Waals surface area contributed by atoms with E-state index in [9.17, 15) is 14.9 Å². The van der Waals surface area contributed by atoms with Crippen molar-refractivity contribution in [3.05, 3.63) is 45.5 Å². The van der Waals surface area contributed by atoms with E-state index >= 15 is 0 Å². The molecule has 0 bridgehead atoms. The number of nitrogens with one attached hydrogen (secondary N) is 1. The van der Waals surface area contributed by atoms with Crippen LogP contribution < -0.4 is 5.32 Å². The number of benzene rings is 1. The molecular weight excluding hydrogens is 246 g/mol. The Morgan fingerprint density at radius 1 is 1.58 bits per heavy atom. The average molecular weight is 259 g/mol. The molecule has 0 saturated carbocycles. The Morgan fingerprint density at radius 3 is 2.89 bits per heavy atom. The Kier molecular flexibility index (Phi) is 5.23. The fourth-order valence-corrected chi connectivity index (χ4v) is 1.45. The highest BCUT2D eigenvalue weighted by molar-refractivity contribution is 5.72. The molecule has 0 spiro atoms. The lowest BCUT2D eigenvalue weighted by Gasteiger charge is -1.99. The Balaban J connectivity index is 2.78. The molecular formula is C13H13N3O3. The molecule has 1 aromatic carbocycles. The van der Waals surface area contributed by atoms with Gasteiger partial charge in [-0.1, -0.05) is 12.2 Å². The van der Waals surface area contributed by atoms with Crippen molar-refractivity contribution in [3.63, 3.8) is 0 Å². The molecule has 1 rings (SSSR count). The summed E-state index contributed by atoms with van der Waals surface area (Å²) in [6.45, 7) is 1.91. The summed E-state index contributed by atoms with van der Waals surface area (Å²) in [7, 11) is 0. The van der Waals surface area contributed by atoms with Crippen molar-refractivity contribution in [3.8, 4) is 6.07 Å². The van der Waals surface area contributed by atoms with Gasteiger partial charge >= 0.3 is 0 Å². The third-order valence-electron chi connectivity index (χ3n) is 2.34. The first-order valence-electron chi connectivity index (χ1n) is 5.64. The smallest absolute Gasteiger partial charge is 0.277 e. The third kappa shape index (κ3) is 4.60. The van der Waals surface area contributed by atoms with Crippen LogP contribution >= 0.6 is 0 Å². The van der Waals surface area contributed by atoms with Crippen molar-refractivity contribution in [1.29, 1.82) is 5.26 Å². The van der Waals surface area contributed by atoms with Crippen molar-refractivity contribution >= 4 is 17.7 Å². The van der Waals surface area contributed by atoms with E-state index in [0.29, 0.717) is 18.5 Å². The lowest BCUT2D eigenvalue weighted by molar-refractivity contribution is -0.385. The van der Waals surface area contributed by atoms with Crippen molar-refractivity contribution in [2.75, 3.05) is 6.54 Å². The Bertz CT molecular complexity index is 559. The summed E-state index contributed by atoms with van der Waals surface area (Å²) >= 11 is 0. The molecule has 0 aromatic heterocycles. The zero-order valence-electron chi connectivity index (χ0n) is 10.4. The SMILES string of the molecule is CC(=O)NCCC=Cc1ccc(C#N)cc1[N+](=O)[O-]. The molecule has 0 aliphatic carbocycles. The molecule has 0 unspecified atom stereocenters. The quantitative estimate of drug-likeness (QED) is 0.497. The highest BCUT2D eigenvalue weighted by Crippen LogP contribution is 2.21. The highest BCUT2D eigenvalue weighted by atomic mass is 16.6. The molecule has 0 atom stereocenters. The van der Waals surface area contributed by atoms with Gasteiger partial charge in [-0.15, -0.1) is 0 Å². The van der Waals surface area contributed by atoms with Gasteiger partial charge in [-0.25, -0.2) is 0 Å². The van der Waals surface area contributed by atoms with E-state index in [2.05, 4.69) is 5.32 Å². The zero-order chi connectivity index (χ0) is 14.3. The summed E-state index contributed by atoms with van der Waals surface area (Å²) < 4.78 is 0. The van der Waals surface area contributed by atoms with Gasteiger partial charge in [0.15, 0.2) is 0 Å². The number of hydrogen-bond donors (Lipinski definition) is 1. The van der Waals surface area contributed by atoms with Crippen LogP contribution in [0, 0.1) is 21.4 Å². The lowest BCUT2D eigenvalue weighted by atomic mass is 10.1. The molecule has 0 aliphatic heterocycles. The van der Waals surface area contributed by atoms with E-state index in [1.165, 1.54) is 25.1 Å².